The molecule has 192 valence electrons. The number of benzene rings is 1. The predicted molar refractivity (Wildman–Crippen MR) is 130 cm³/mol. The smallest absolute Gasteiger partial charge is 0.387 e. The Labute approximate surface area is 203 Å². The first-order valence-corrected chi connectivity index (χ1v) is 13.5. The molecule has 0 saturated heterocycles. The van der Waals surface area contributed by atoms with Crippen molar-refractivity contribution in [1.29, 1.82) is 0 Å². The molecule has 0 bridgehead atoms. The molecule has 5 heteroatoms. The number of halogens is 4. The fraction of sp³-hybridized carbons (Fsp3) is 0.724. The monoisotopic (exact) mass is 482 g/mol. The average molecular weight is 483 g/mol. The Morgan fingerprint density at radius 3 is 1.91 bits per heavy atom. The molecule has 0 spiro atoms. The van der Waals surface area contributed by atoms with Gasteiger partial charge in [-0.25, -0.2) is 8.78 Å². The molecule has 0 atom stereocenters. The van der Waals surface area contributed by atoms with E-state index in [-0.39, 0.29) is 0 Å². The highest BCUT2D eigenvalue weighted by Crippen LogP contribution is 2.43. The summed E-state index contributed by atoms with van der Waals surface area (Å²) in [6, 6.07) is 2.26. The Balaban J connectivity index is 1.33. The lowest BCUT2D eigenvalue weighted by Crippen LogP contribution is -2.26. The summed E-state index contributed by atoms with van der Waals surface area (Å²) in [7, 11) is 0. The lowest BCUT2D eigenvalue weighted by atomic mass is 9.68. The third-order valence-corrected chi connectivity index (χ3v) is 8.19. The lowest BCUT2D eigenvalue weighted by molar-refractivity contribution is -0.0546. The van der Waals surface area contributed by atoms with E-state index in [1.54, 1.807) is 0 Å². The van der Waals surface area contributed by atoms with Crippen molar-refractivity contribution in [2.24, 2.45) is 23.7 Å². The van der Waals surface area contributed by atoms with Crippen molar-refractivity contribution >= 4 is 0 Å². The zero-order valence-corrected chi connectivity index (χ0v) is 20.7. The molecular weight excluding hydrogens is 440 g/mol. The SMILES string of the molecule is CC/C=C/CCCC[C@H]1CC[C@H]([C@H]2CC[C@H](CCc3cc(F)c(OC(F)F)c(F)c3)CC2)CC1. The molecule has 0 radical (unpaired) electrons. The number of rotatable bonds is 12. The van der Waals surface area contributed by atoms with Gasteiger partial charge in [-0.2, -0.15) is 8.78 Å². The van der Waals surface area contributed by atoms with Crippen LogP contribution in [-0.4, -0.2) is 6.61 Å². The van der Waals surface area contributed by atoms with Gasteiger partial charge in [0, 0.05) is 0 Å². The van der Waals surface area contributed by atoms with Crippen LogP contribution in [0.1, 0.15) is 102 Å². The van der Waals surface area contributed by atoms with Gasteiger partial charge in [0.15, 0.2) is 17.4 Å². The minimum atomic E-state index is -3.24. The summed E-state index contributed by atoms with van der Waals surface area (Å²) in [6.45, 7) is -1.05. The maximum Gasteiger partial charge on any atom is 0.387 e. The van der Waals surface area contributed by atoms with Crippen LogP contribution in [0, 0.1) is 35.3 Å². The highest BCUT2D eigenvalue weighted by Gasteiger charge is 2.30. The Morgan fingerprint density at radius 1 is 0.824 bits per heavy atom. The van der Waals surface area contributed by atoms with Gasteiger partial charge in [-0.05, 0) is 99.2 Å². The van der Waals surface area contributed by atoms with Gasteiger partial charge in [-0.1, -0.05) is 57.6 Å². The minimum Gasteiger partial charge on any atom is -0.429 e. The standard InChI is InChI=1S/C29H42F4O/c1-2-3-4-5-6-7-8-21-11-15-24(16-12-21)25-17-13-22(14-18-25)9-10-23-19-26(30)28(27(31)20-23)34-29(32)33/h3-4,19-22,24-25,29H,2,5-18H2,1H3/b4-3+/t21-,22-,24-,25-. The molecule has 0 aromatic heterocycles. The van der Waals surface area contributed by atoms with Gasteiger partial charge < -0.3 is 4.74 Å². The van der Waals surface area contributed by atoms with Crippen LogP contribution in [0.25, 0.3) is 0 Å². The Hall–Kier alpha value is -1.52. The second kappa shape index (κ2) is 14.1. The van der Waals surface area contributed by atoms with Crippen molar-refractivity contribution in [3.63, 3.8) is 0 Å². The predicted octanol–water partition coefficient (Wildman–Crippen LogP) is 9.64. The summed E-state index contributed by atoms with van der Waals surface area (Å²) >= 11 is 0. The van der Waals surface area contributed by atoms with Crippen LogP contribution in [0.4, 0.5) is 17.6 Å². The number of alkyl halides is 2. The largest absolute Gasteiger partial charge is 0.429 e. The van der Waals surface area contributed by atoms with E-state index in [0.29, 0.717) is 17.9 Å². The Bertz CT molecular complexity index is 723. The van der Waals surface area contributed by atoms with Gasteiger partial charge in [0.1, 0.15) is 0 Å². The number of allylic oxidation sites excluding steroid dienone is 2. The minimum absolute atomic E-state index is 0.512. The van der Waals surface area contributed by atoms with Crippen molar-refractivity contribution in [2.45, 2.75) is 110 Å². The number of ether oxygens (including phenoxy) is 1. The quantitative estimate of drug-likeness (QED) is 0.164. The summed E-state index contributed by atoms with van der Waals surface area (Å²) in [4.78, 5) is 0. The maximum atomic E-state index is 14.0. The molecule has 1 aromatic rings. The summed E-state index contributed by atoms with van der Waals surface area (Å²) in [5.41, 5.74) is 0.512. The van der Waals surface area contributed by atoms with Crippen LogP contribution >= 0.6 is 0 Å². The molecule has 3 rings (SSSR count). The molecule has 2 saturated carbocycles. The Kier molecular flexibility index (Phi) is 11.3. The van der Waals surface area contributed by atoms with Crippen LogP contribution in [0.5, 0.6) is 5.75 Å². The lowest BCUT2D eigenvalue weighted by Gasteiger charge is -2.38. The van der Waals surface area contributed by atoms with Crippen molar-refractivity contribution in [2.75, 3.05) is 0 Å². The van der Waals surface area contributed by atoms with E-state index in [0.717, 1.165) is 42.7 Å². The fourth-order valence-corrected chi connectivity index (χ4v) is 6.21. The first-order chi connectivity index (χ1) is 16.5. The number of hydrogen-bond acceptors (Lipinski definition) is 1. The molecule has 2 aliphatic carbocycles. The van der Waals surface area contributed by atoms with Crippen LogP contribution in [0.3, 0.4) is 0 Å². The topological polar surface area (TPSA) is 9.23 Å². The molecular formula is C29H42F4O. The molecule has 2 aliphatic rings. The van der Waals surface area contributed by atoms with Crippen molar-refractivity contribution in [3.05, 3.63) is 41.5 Å². The van der Waals surface area contributed by atoms with Gasteiger partial charge in [0.05, 0.1) is 0 Å². The van der Waals surface area contributed by atoms with E-state index in [1.165, 1.54) is 77.0 Å². The van der Waals surface area contributed by atoms with Crippen LogP contribution in [-0.2, 0) is 6.42 Å². The second-order valence-electron chi connectivity index (χ2n) is 10.5. The Morgan fingerprint density at radius 2 is 1.38 bits per heavy atom. The first kappa shape index (κ1) is 27.1. The summed E-state index contributed by atoms with van der Waals surface area (Å²) in [6.07, 6.45) is 23.0. The second-order valence-corrected chi connectivity index (χ2v) is 10.5. The fourth-order valence-electron chi connectivity index (χ4n) is 6.21. The highest BCUT2D eigenvalue weighted by atomic mass is 19.3. The third-order valence-electron chi connectivity index (χ3n) is 8.19. The van der Waals surface area contributed by atoms with Gasteiger partial charge in [-0.3, -0.25) is 0 Å². The third kappa shape index (κ3) is 8.61. The van der Waals surface area contributed by atoms with E-state index in [2.05, 4.69) is 23.8 Å². The van der Waals surface area contributed by atoms with E-state index in [9.17, 15) is 17.6 Å². The molecule has 34 heavy (non-hydrogen) atoms. The number of aryl methyl sites for hydroxylation is 1. The van der Waals surface area contributed by atoms with Crippen LogP contribution in [0.15, 0.2) is 24.3 Å². The normalized spacial score (nSPS) is 25.8. The number of unbranched alkanes of at least 4 members (excludes halogenated alkanes) is 2. The van der Waals surface area contributed by atoms with E-state index in [1.807, 2.05) is 0 Å². The van der Waals surface area contributed by atoms with Gasteiger partial charge in [-0.15, -0.1) is 0 Å². The maximum absolute atomic E-state index is 14.0. The molecule has 0 amide bonds. The highest BCUT2D eigenvalue weighted by molar-refractivity contribution is 5.31. The molecule has 0 aliphatic heterocycles. The van der Waals surface area contributed by atoms with Crippen molar-refractivity contribution in [3.8, 4) is 5.75 Å². The van der Waals surface area contributed by atoms with Crippen LogP contribution < -0.4 is 4.74 Å². The summed E-state index contributed by atoms with van der Waals surface area (Å²) in [5.74, 6) is 0.148. The molecule has 2 fully saturated rings. The summed E-state index contributed by atoms with van der Waals surface area (Å²) < 4.78 is 56.5. The molecule has 0 heterocycles. The van der Waals surface area contributed by atoms with Crippen molar-refractivity contribution in [1.82, 2.24) is 0 Å². The first-order valence-electron chi connectivity index (χ1n) is 13.5. The molecule has 0 unspecified atom stereocenters. The van der Waals surface area contributed by atoms with Gasteiger partial charge in [0.2, 0.25) is 0 Å². The zero-order chi connectivity index (χ0) is 24.3. The van der Waals surface area contributed by atoms with Crippen molar-refractivity contribution < 1.29 is 22.3 Å². The molecule has 1 nitrogen and oxygen atoms in total. The summed E-state index contributed by atoms with van der Waals surface area (Å²) in [5, 5.41) is 0. The van der Waals surface area contributed by atoms with Crippen LogP contribution in [0.2, 0.25) is 0 Å². The van der Waals surface area contributed by atoms with E-state index in [4.69, 9.17) is 0 Å². The van der Waals surface area contributed by atoms with E-state index >= 15 is 0 Å². The molecule has 1 aromatic carbocycles. The van der Waals surface area contributed by atoms with Gasteiger partial charge in [0.25, 0.3) is 0 Å². The molecule has 0 N–H and O–H groups in total. The van der Waals surface area contributed by atoms with Gasteiger partial charge >= 0.3 is 6.61 Å². The number of hydrogen-bond donors (Lipinski definition) is 0. The van der Waals surface area contributed by atoms with E-state index < -0.39 is 24.0 Å². The zero-order valence-electron chi connectivity index (χ0n) is 20.7. The average Bonchev–Trinajstić information content (AvgIpc) is 2.83.